The summed E-state index contributed by atoms with van der Waals surface area (Å²) in [6.45, 7) is 8.18. The Morgan fingerprint density at radius 3 is 2.37 bits per heavy atom. The minimum atomic E-state index is -0.370. The van der Waals surface area contributed by atoms with E-state index in [1.165, 1.54) is 5.56 Å². The summed E-state index contributed by atoms with van der Waals surface area (Å²) in [5.74, 6) is -0.0479. The summed E-state index contributed by atoms with van der Waals surface area (Å²) in [5, 5.41) is 8.13. The van der Waals surface area contributed by atoms with E-state index in [0.29, 0.717) is 10.7 Å². The lowest BCUT2D eigenvalue weighted by atomic mass is 9.93. The average Bonchev–Trinajstić information content (AvgIpc) is 3.15. The highest BCUT2D eigenvalue weighted by Crippen LogP contribution is 2.47. The quantitative estimate of drug-likeness (QED) is 0.649. The summed E-state index contributed by atoms with van der Waals surface area (Å²) in [5.41, 5.74) is 4.95. The Labute approximate surface area is 164 Å². The number of fused-ring (bicyclic) bond motifs is 1. The largest absolute Gasteiger partial charge is 0.321 e. The number of carbonyl (C=O) groups excluding carboxylic acids is 1. The number of hydrogen-bond acceptors (Lipinski definition) is 2. The van der Waals surface area contributed by atoms with Crippen LogP contribution in [0.4, 0.5) is 0 Å². The van der Waals surface area contributed by atoms with Gasteiger partial charge in [0.15, 0.2) is 0 Å². The first-order valence-electron chi connectivity index (χ1n) is 9.02. The van der Waals surface area contributed by atoms with Gasteiger partial charge in [0.2, 0.25) is 0 Å². The van der Waals surface area contributed by atoms with E-state index in [1.807, 2.05) is 62.1 Å². The monoisotopic (exact) mass is 379 g/mol. The number of aryl methyl sites for hydroxylation is 1. The van der Waals surface area contributed by atoms with E-state index < -0.39 is 0 Å². The summed E-state index contributed by atoms with van der Waals surface area (Å²) in [7, 11) is 0. The van der Waals surface area contributed by atoms with Crippen LogP contribution in [0.25, 0.3) is 11.3 Å². The first kappa shape index (κ1) is 17.8. The van der Waals surface area contributed by atoms with Gasteiger partial charge in [-0.3, -0.25) is 9.89 Å². The van der Waals surface area contributed by atoms with Gasteiger partial charge in [-0.1, -0.05) is 59.6 Å². The molecule has 1 N–H and O–H groups in total. The van der Waals surface area contributed by atoms with Crippen LogP contribution < -0.4 is 0 Å². The van der Waals surface area contributed by atoms with E-state index in [9.17, 15) is 4.79 Å². The maximum absolute atomic E-state index is 13.2. The lowest BCUT2D eigenvalue weighted by Crippen LogP contribution is -2.44. The van der Waals surface area contributed by atoms with Gasteiger partial charge in [0, 0.05) is 21.7 Å². The number of benzene rings is 2. The van der Waals surface area contributed by atoms with Crippen molar-refractivity contribution >= 4 is 17.5 Å². The first-order valence-corrected chi connectivity index (χ1v) is 9.40. The number of rotatable bonds is 2. The molecule has 27 heavy (non-hydrogen) atoms. The molecule has 1 aliphatic heterocycles. The van der Waals surface area contributed by atoms with Crippen LogP contribution in [0.3, 0.4) is 0 Å². The number of hydrogen-bond donors (Lipinski definition) is 1. The summed E-state index contributed by atoms with van der Waals surface area (Å²) in [4.78, 5) is 15.1. The van der Waals surface area contributed by atoms with Crippen molar-refractivity contribution in [1.29, 1.82) is 0 Å². The van der Waals surface area contributed by atoms with Crippen molar-refractivity contribution in [1.82, 2.24) is 15.1 Å². The van der Waals surface area contributed by atoms with Crippen LogP contribution >= 0.6 is 11.6 Å². The molecule has 0 saturated heterocycles. The van der Waals surface area contributed by atoms with Crippen LogP contribution in [0.15, 0.2) is 48.5 Å². The second-order valence-corrected chi connectivity index (χ2v) is 8.40. The molecule has 0 fully saturated rings. The summed E-state index contributed by atoms with van der Waals surface area (Å²) >= 11 is 6.55. The molecule has 0 spiro atoms. The number of carbonyl (C=O) groups is 1. The Hall–Kier alpha value is -2.59. The van der Waals surface area contributed by atoms with Gasteiger partial charge >= 0.3 is 0 Å². The molecule has 2 heterocycles. The number of H-pyrrole nitrogens is 1. The van der Waals surface area contributed by atoms with Crippen molar-refractivity contribution in [3.63, 3.8) is 0 Å². The minimum absolute atomic E-state index is 0.0479. The van der Waals surface area contributed by atoms with Gasteiger partial charge < -0.3 is 4.90 Å². The van der Waals surface area contributed by atoms with Crippen molar-refractivity contribution in [2.45, 2.75) is 39.3 Å². The third-order valence-electron chi connectivity index (χ3n) is 5.02. The molecule has 1 aliphatic rings. The molecule has 0 aliphatic carbocycles. The Morgan fingerprint density at radius 1 is 1.07 bits per heavy atom. The summed E-state index contributed by atoms with van der Waals surface area (Å²) in [6.07, 6.45) is 0. The van der Waals surface area contributed by atoms with Gasteiger partial charge in [-0.2, -0.15) is 5.10 Å². The summed E-state index contributed by atoms with van der Waals surface area (Å²) in [6, 6.07) is 15.6. The highest BCUT2D eigenvalue weighted by Gasteiger charge is 2.47. The van der Waals surface area contributed by atoms with Crippen molar-refractivity contribution in [2.24, 2.45) is 0 Å². The molecule has 0 bridgehead atoms. The highest BCUT2D eigenvalue weighted by molar-refractivity contribution is 6.31. The number of nitrogens with zero attached hydrogens (tertiary/aromatic N) is 2. The fraction of sp³-hybridized carbons (Fsp3) is 0.273. The van der Waals surface area contributed by atoms with Gasteiger partial charge in [0.25, 0.3) is 5.91 Å². The van der Waals surface area contributed by atoms with Crippen LogP contribution in [0.2, 0.25) is 5.02 Å². The Bertz CT molecular complexity index is 1010. The fourth-order valence-electron chi connectivity index (χ4n) is 3.76. The predicted molar refractivity (Wildman–Crippen MR) is 108 cm³/mol. The van der Waals surface area contributed by atoms with Gasteiger partial charge in [0.1, 0.15) is 5.69 Å². The Morgan fingerprint density at radius 2 is 1.74 bits per heavy atom. The second-order valence-electron chi connectivity index (χ2n) is 8.00. The zero-order chi connectivity index (χ0) is 19.3. The van der Waals surface area contributed by atoms with Crippen LogP contribution in [-0.4, -0.2) is 26.5 Å². The predicted octanol–water partition coefficient (Wildman–Crippen LogP) is 5.38. The molecule has 4 rings (SSSR count). The molecule has 2 aromatic carbocycles. The normalized spacial score (nSPS) is 16.7. The van der Waals surface area contributed by atoms with Crippen LogP contribution in [0.1, 0.15) is 54.0 Å². The molecular formula is C22H22ClN3O. The molecule has 1 unspecified atom stereocenters. The topological polar surface area (TPSA) is 49.0 Å². The summed E-state index contributed by atoms with van der Waals surface area (Å²) < 4.78 is 0. The number of nitrogens with one attached hydrogen (secondary N) is 1. The Balaban J connectivity index is 1.96. The molecule has 3 aromatic rings. The van der Waals surface area contributed by atoms with Crippen LogP contribution in [-0.2, 0) is 0 Å². The zero-order valence-electron chi connectivity index (χ0n) is 15.9. The van der Waals surface area contributed by atoms with Crippen LogP contribution in [0.5, 0.6) is 0 Å². The lowest BCUT2D eigenvalue weighted by molar-refractivity contribution is 0.0546. The highest BCUT2D eigenvalue weighted by atomic mass is 35.5. The molecule has 4 nitrogen and oxygen atoms in total. The van der Waals surface area contributed by atoms with E-state index in [2.05, 4.69) is 29.3 Å². The SMILES string of the molecule is Cc1ccc(-c2n[nH]c3c2C(c2ccccc2Cl)N(C(C)(C)C)C3=O)cc1. The van der Waals surface area contributed by atoms with E-state index in [4.69, 9.17) is 11.6 Å². The van der Waals surface area contributed by atoms with E-state index >= 15 is 0 Å². The van der Waals surface area contributed by atoms with Gasteiger partial charge in [-0.15, -0.1) is 0 Å². The van der Waals surface area contributed by atoms with Gasteiger partial charge in [-0.05, 0) is 39.3 Å². The molecule has 1 amide bonds. The smallest absolute Gasteiger partial charge is 0.273 e. The number of halogens is 1. The maximum atomic E-state index is 13.2. The van der Waals surface area contributed by atoms with Crippen molar-refractivity contribution in [3.05, 3.63) is 75.9 Å². The fourth-order valence-corrected chi connectivity index (χ4v) is 4.00. The second kappa shape index (κ2) is 6.24. The molecule has 0 radical (unpaired) electrons. The standard InChI is InChI=1S/C22H22ClN3O/c1-13-9-11-14(12-10-13)18-17-19(25-24-18)21(27)26(22(2,3)4)20(17)15-7-5-6-8-16(15)23/h5-12,20H,1-4H3,(H,24,25). The zero-order valence-corrected chi connectivity index (χ0v) is 16.6. The maximum Gasteiger partial charge on any atom is 0.273 e. The molecular weight excluding hydrogens is 358 g/mol. The number of amides is 1. The van der Waals surface area contributed by atoms with E-state index in [1.54, 1.807) is 0 Å². The molecule has 5 heteroatoms. The molecule has 1 aromatic heterocycles. The van der Waals surface area contributed by atoms with Crippen molar-refractivity contribution < 1.29 is 4.79 Å². The average molecular weight is 380 g/mol. The third kappa shape index (κ3) is 2.85. The third-order valence-corrected chi connectivity index (χ3v) is 5.36. The molecule has 1 atom stereocenters. The molecule has 0 saturated carbocycles. The van der Waals surface area contributed by atoms with Gasteiger partial charge in [0.05, 0.1) is 11.7 Å². The molecule has 138 valence electrons. The van der Waals surface area contributed by atoms with E-state index in [0.717, 1.165) is 22.4 Å². The van der Waals surface area contributed by atoms with Gasteiger partial charge in [-0.25, -0.2) is 0 Å². The van der Waals surface area contributed by atoms with Crippen molar-refractivity contribution in [3.8, 4) is 11.3 Å². The first-order chi connectivity index (χ1) is 12.8. The lowest BCUT2D eigenvalue weighted by Gasteiger charge is -2.38. The minimum Gasteiger partial charge on any atom is -0.321 e. The van der Waals surface area contributed by atoms with Crippen molar-refractivity contribution in [2.75, 3.05) is 0 Å². The van der Waals surface area contributed by atoms with E-state index in [-0.39, 0.29) is 17.5 Å². The Kier molecular flexibility index (Phi) is 4.11. The number of aromatic amines is 1. The number of aromatic nitrogens is 2. The van der Waals surface area contributed by atoms with Crippen LogP contribution in [0, 0.1) is 6.92 Å².